The minimum atomic E-state index is -4.21. The zero-order valence-corrected chi connectivity index (χ0v) is 10.4. The molecule has 0 aromatic heterocycles. The molecule has 0 spiro atoms. The molecular weight excluding hydrogens is 241 g/mol. The van der Waals surface area contributed by atoms with Gasteiger partial charge in [-0.2, -0.15) is 13.2 Å². The topological polar surface area (TPSA) is 38.0 Å². The van der Waals surface area contributed by atoms with E-state index in [0.29, 0.717) is 12.8 Å². The van der Waals surface area contributed by atoms with E-state index in [1.54, 1.807) is 6.92 Å². The predicted octanol–water partition coefficient (Wildman–Crippen LogP) is 2.49. The van der Waals surface area contributed by atoms with Crippen LogP contribution in [0.25, 0.3) is 0 Å². The summed E-state index contributed by atoms with van der Waals surface area (Å²) in [6, 6.07) is 9.66. The van der Waals surface area contributed by atoms with E-state index in [2.05, 4.69) is 5.32 Å². The van der Waals surface area contributed by atoms with Gasteiger partial charge in [0.25, 0.3) is 0 Å². The Labute approximate surface area is 105 Å². The maximum atomic E-state index is 12.2. The number of halogens is 3. The Bertz CT molecular complexity index is 351. The van der Waals surface area contributed by atoms with Gasteiger partial charge < -0.3 is 11.1 Å². The lowest BCUT2D eigenvalue weighted by atomic mass is 9.93. The third-order valence-corrected chi connectivity index (χ3v) is 2.97. The van der Waals surface area contributed by atoms with E-state index in [-0.39, 0.29) is 6.54 Å². The molecule has 0 radical (unpaired) electrons. The van der Waals surface area contributed by atoms with Crippen molar-refractivity contribution in [1.29, 1.82) is 0 Å². The number of benzene rings is 1. The molecule has 0 heterocycles. The lowest BCUT2D eigenvalue weighted by molar-refractivity contribution is -0.128. The molecule has 0 aliphatic carbocycles. The molecular formula is C13H19F3N2. The summed E-state index contributed by atoms with van der Waals surface area (Å²) in [6.45, 7) is 0.896. The van der Waals surface area contributed by atoms with E-state index in [0.717, 1.165) is 5.56 Å². The van der Waals surface area contributed by atoms with Crippen molar-refractivity contribution in [2.75, 3.05) is 13.1 Å². The summed E-state index contributed by atoms with van der Waals surface area (Å²) in [5.41, 5.74) is 5.98. The maximum absolute atomic E-state index is 12.2. The van der Waals surface area contributed by atoms with Crippen LogP contribution in [-0.4, -0.2) is 24.8 Å². The minimum absolute atomic E-state index is 0.177. The van der Waals surface area contributed by atoms with Crippen LogP contribution in [0.15, 0.2) is 30.3 Å². The predicted molar refractivity (Wildman–Crippen MR) is 66.3 cm³/mol. The Balaban J connectivity index is 2.50. The number of alkyl halides is 3. The first kappa shape index (κ1) is 15.0. The molecule has 0 aliphatic rings. The molecule has 0 fully saturated rings. The molecule has 0 saturated heterocycles. The third kappa shape index (κ3) is 5.51. The highest BCUT2D eigenvalue weighted by Crippen LogP contribution is 2.17. The zero-order valence-electron chi connectivity index (χ0n) is 10.4. The van der Waals surface area contributed by atoms with Crippen molar-refractivity contribution < 1.29 is 13.2 Å². The van der Waals surface area contributed by atoms with Crippen LogP contribution in [0.5, 0.6) is 0 Å². The fourth-order valence-corrected chi connectivity index (χ4v) is 1.64. The number of hydrogen-bond donors (Lipinski definition) is 2. The Kier molecular flexibility index (Phi) is 5.16. The van der Waals surface area contributed by atoms with Gasteiger partial charge in [-0.15, -0.1) is 0 Å². The lowest BCUT2D eigenvalue weighted by Crippen LogP contribution is -2.52. The Morgan fingerprint density at radius 2 is 1.78 bits per heavy atom. The number of aryl methyl sites for hydroxylation is 1. The Morgan fingerprint density at radius 1 is 1.17 bits per heavy atom. The largest absolute Gasteiger partial charge is 0.401 e. The molecule has 102 valence electrons. The molecule has 1 unspecified atom stereocenters. The average molecular weight is 260 g/mol. The molecule has 2 nitrogen and oxygen atoms in total. The zero-order chi connectivity index (χ0) is 13.6. The number of nitrogens with one attached hydrogen (secondary N) is 1. The molecule has 1 aromatic rings. The standard InChI is InChI=1S/C13H19F3N2/c1-12(9-17,18-10-13(14,15)16)8-7-11-5-3-2-4-6-11/h2-6,18H,7-10,17H2,1H3. The van der Waals surface area contributed by atoms with Gasteiger partial charge in [0.15, 0.2) is 0 Å². The fraction of sp³-hybridized carbons (Fsp3) is 0.538. The van der Waals surface area contributed by atoms with Crippen molar-refractivity contribution in [2.24, 2.45) is 5.73 Å². The number of hydrogen-bond acceptors (Lipinski definition) is 2. The summed E-state index contributed by atoms with van der Waals surface area (Å²) < 4.78 is 36.5. The molecule has 0 amide bonds. The molecule has 1 aromatic carbocycles. The second-order valence-electron chi connectivity index (χ2n) is 4.72. The summed E-state index contributed by atoms with van der Waals surface area (Å²) in [7, 11) is 0. The molecule has 18 heavy (non-hydrogen) atoms. The van der Waals surface area contributed by atoms with E-state index in [4.69, 9.17) is 5.73 Å². The van der Waals surface area contributed by atoms with Crippen molar-refractivity contribution in [3.8, 4) is 0 Å². The van der Waals surface area contributed by atoms with Gasteiger partial charge in [-0.3, -0.25) is 0 Å². The van der Waals surface area contributed by atoms with Crippen LogP contribution in [0, 0.1) is 0 Å². The second kappa shape index (κ2) is 6.20. The van der Waals surface area contributed by atoms with Crippen LogP contribution in [-0.2, 0) is 6.42 Å². The summed E-state index contributed by atoms with van der Waals surface area (Å²) in [6.07, 6.45) is -2.92. The highest BCUT2D eigenvalue weighted by atomic mass is 19.4. The first-order valence-electron chi connectivity index (χ1n) is 5.90. The summed E-state index contributed by atoms with van der Waals surface area (Å²) in [5, 5.41) is 2.51. The highest BCUT2D eigenvalue weighted by Gasteiger charge is 2.31. The van der Waals surface area contributed by atoms with Crippen LogP contribution in [0.3, 0.4) is 0 Å². The SMILES string of the molecule is CC(CN)(CCc1ccccc1)NCC(F)(F)F. The van der Waals surface area contributed by atoms with Crippen molar-refractivity contribution >= 4 is 0 Å². The number of nitrogens with two attached hydrogens (primary N) is 1. The highest BCUT2D eigenvalue weighted by molar-refractivity contribution is 5.15. The quantitative estimate of drug-likeness (QED) is 0.824. The Hall–Kier alpha value is -1.07. The van der Waals surface area contributed by atoms with E-state index >= 15 is 0 Å². The molecule has 0 bridgehead atoms. The Morgan fingerprint density at radius 3 is 2.28 bits per heavy atom. The van der Waals surface area contributed by atoms with Crippen molar-refractivity contribution in [3.63, 3.8) is 0 Å². The fourth-order valence-electron chi connectivity index (χ4n) is 1.64. The molecule has 5 heteroatoms. The van der Waals surface area contributed by atoms with Gasteiger partial charge in [-0.1, -0.05) is 30.3 Å². The van der Waals surface area contributed by atoms with Gasteiger partial charge in [0.2, 0.25) is 0 Å². The second-order valence-corrected chi connectivity index (χ2v) is 4.72. The van der Waals surface area contributed by atoms with E-state index < -0.39 is 18.3 Å². The average Bonchev–Trinajstić information content (AvgIpc) is 2.34. The molecule has 3 N–H and O–H groups in total. The van der Waals surface area contributed by atoms with Gasteiger partial charge in [0.1, 0.15) is 0 Å². The summed E-state index contributed by atoms with van der Waals surface area (Å²) in [4.78, 5) is 0. The van der Waals surface area contributed by atoms with Crippen LogP contribution in [0.1, 0.15) is 18.9 Å². The van der Waals surface area contributed by atoms with E-state index in [1.807, 2.05) is 30.3 Å². The minimum Gasteiger partial charge on any atom is -0.329 e. The summed E-state index contributed by atoms with van der Waals surface area (Å²) >= 11 is 0. The van der Waals surface area contributed by atoms with Gasteiger partial charge in [0, 0.05) is 12.1 Å². The van der Waals surface area contributed by atoms with Gasteiger partial charge in [0.05, 0.1) is 6.54 Å². The first-order valence-corrected chi connectivity index (χ1v) is 5.90. The maximum Gasteiger partial charge on any atom is 0.401 e. The normalized spacial score (nSPS) is 15.4. The molecule has 1 rings (SSSR count). The molecule has 0 saturated carbocycles. The van der Waals surface area contributed by atoms with Crippen molar-refractivity contribution in [2.45, 2.75) is 31.5 Å². The number of rotatable bonds is 6. The van der Waals surface area contributed by atoms with Gasteiger partial charge in [-0.25, -0.2) is 0 Å². The third-order valence-electron chi connectivity index (χ3n) is 2.97. The lowest BCUT2D eigenvalue weighted by Gasteiger charge is -2.30. The van der Waals surface area contributed by atoms with Crippen molar-refractivity contribution in [3.05, 3.63) is 35.9 Å². The monoisotopic (exact) mass is 260 g/mol. The van der Waals surface area contributed by atoms with E-state index in [1.165, 1.54) is 0 Å². The van der Waals surface area contributed by atoms with Crippen LogP contribution < -0.4 is 11.1 Å². The smallest absolute Gasteiger partial charge is 0.329 e. The van der Waals surface area contributed by atoms with Gasteiger partial charge in [-0.05, 0) is 25.3 Å². The first-order chi connectivity index (χ1) is 8.35. The van der Waals surface area contributed by atoms with Crippen LogP contribution in [0.4, 0.5) is 13.2 Å². The van der Waals surface area contributed by atoms with Gasteiger partial charge >= 0.3 is 6.18 Å². The van der Waals surface area contributed by atoms with Crippen LogP contribution in [0.2, 0.25) is 0 Å². The van der Waals surface area contributed by atoms with E-state index in [9.17, 15) is 13.2 Å². The van der Waals surface area contributed by atoms with Crippen molar-refractivity contribution in [1.82, 2.24) is 5.32 Å². The molecule has 0 aliphatic heterocycles. The molecule has 1 atom stereocenters. The summed E-state index contributed by atoms with van der Waals surface area (Å²) in [5.74, 6) is 0. The van der Waals surface area contributed by atoms with Crippen LogP contribution >= 0.6 is 0 Å².